The molecule has 4 heteroatoms. The lowest BCUT2D eigenvalue weighted by Crippen LogP contribution is -2.44. The monoisotopic (exact) mass is 183 g/mol. The van der Waals surface area contributed by atoms with Gasteiger partial charge in [0.05, 0.1) is 18.5 Å². The van der Waals surface area contributed by atoms with Crippen molar-refractivity contribution in [1.82, 2.24) is 5.32 Å². The van der Waals surface area contributed by atoms with Crippen molar-refractivity contribution in [2.45, 2.75) is 45.2 Å². The van der Waals surface area contributed by atoms with E-state index in [1.807, 2.05) is 13.0 Å². The van der Waals surface area contributed by atoms with Crippen LogP contribution >= 0.6 is 0 Å². The summed E-state index contributed by atoms with van der Waals surface area (Å²) in [4.78, 5) is 11.3. The third kappa shape index (κ3) is 5.21. The zero-order valence-electron chi connectivity index (χ0n) is 8.21. The first kappa shape index (κ1) is 11.9. The third-order valence-corrected chi connectivity index (χ3v) is 1.72. The van der Waals surface area contributed by atoms with Crippen LogP contribution in [0.25, 0.3) is 0 Å². The lowest BCUT2D eigenvalue weighted by atomic mass is 10.1. The molecule has 0 aromatic heterocycles. The highest BCUT2D eigenvalue weighted by Crippen LogP contribution is 1.95. The highest BCUT2D eigenvalue weighted by molar-refractivity contribution is 5.81. The summed E-state index contributed by atoms with van der Waals surface area (Å²) in [7, 11) is 0. The molecule has 0 aromatic rings. The van der Waals surface area contributed by atoms with Gasteiger partial charge in [0.1, 0.15) is 0 Å². The number of carbonyl (C=O) groups excluding carboxylic acids is 1. The molecule has 1 amide bonds. The van der Waals surface area contributed by atoms with Crippen molar-refractivity contribution in [2.75, 3.05) is 0 Å². The molecule has 0 aliphatic carbocycles. The number of amides is 1. The Balaban J connectivity index is 3.79. The van der Waals surface area contributed by atoms with Crippen LogP contribution in [-0.2, 0) is 4.79 Å². The van der Waals surface area contributed by atoms with E-state index < -0.39 is 6.04 Å². The maximum atomic E-state index is 11.3. The van der Waals surface area contributed by atoms with Crippen LogP contribution in [0, 0.1) is 11.3 Å². The average molecular weight is 183 g/mol. The van der Waals surface area contributed by atoms with Crippen LogP contribution in [0.5, 0.6) is 0 Å². The van der Waals surface area contributed by atoms with Gasteiger partial charge in [-0.3, -0.25) is 4.79 Å². The molecule has 4 nitrogen and oxygen atoms in total. The van der Waals surface area contributed by atoms with Crippen molar-refractivity contribution in [3.63, 3.8) is 0 Å². The summed E-state index contributed by atoms with van der Waals surface area (Å²) in [6.07, 6.45) is 1.90. The van der Waals surface area contributed by atoms with Gasteiger partial charge < -0.3 is 11.1 Å². The number of nitriles is 1. The second-order valence-corrected chi connectivity index (χ2v) is 3.17. The van der Waals surface area contributed by atoms with Crippen molar-refractivity contribution >= 4 is 5.91 Å². The maximum absolute atomic E-state index is 11.3. The second kappa shape index (κ2) is 6.44. The molecule has 0 aliphatic heterocycles. The zero-order chi connectivity index (χ0) is 10.3. The van der Waals surface area contributed by atoms with Crippen LogP contribution in [0.2, 0.25) is 0 Å². The number of rotatable bonds is 5. The molecule has 0 radical (unpaired) electrons. The molecule has 0 spiro atoms. The molecular weight excluding hydrogens is 166 g/mol. The van der Waals surface area contributed by atoms with Gasteiger partial charge in [-0.15, -0.1) is 0 Å². The van der Waals surface area contributed by atoms with Gasteiger partial charge in [-0.1, -0.05) is 13.3 Å². The standard InChI is InChI=1S/C9H17N3O/c1-3-4-8(11)9(13)12-7(2)5-6-10/h7-8H,3-5,11H2,1-2H3,(H,12,13)/t7?,8-/m1/s1. The Morgan fingerprint density at radius 3 is 2.77 bits per heavy atom. The summed E-state index contributed by atoms with van der Waals surface area (Å²) in [6.45, 7) is 3.77. The lowest BCUT2D eigenvalue weighted by molar-refractivity contribution is -0.123. The van der Waals surface area contributed by atoms with Crippen LogP contribution in [0.1, 0.15) is 33.1 Å². The zero-order valence-corrected chi connectivity index (χ0v) is 8.21. The maximum Gasteiger partial charge on any atom is 0.237 e. The van der Waals surface area contributed by atoms with E-state index in [0.29, 0.717) is 12.8 Å². The fraction of sp³-hybridized carbons (Fsp3) is 0.778. The third-order valence-electron chi connectivity index (χ3n) is 1.72. The van der Waals surface area contributed by atoms with E-state index in [0.717, 1.165) is 6.42 Å². The average Bonchev–Trinajstić information content (AvgIpc) is 2.05. The molecule has 3 N–H and O–H groups in total. The Hall–Kier alpha value is -1.08. The highest BCUT2D eigenvalue weighted by Gasteiger charge is 2.13. The van der Waals surface area contributed by atoms with E-state index in [1.54, 1.807) is 6.92 Å². The normalized spacial score (nSPS) is 14.3. The van der Waals surface area contributed by atoms with Gasteiger partial charge in [0.15, 0.2) is 0 Å². The van der Waals surface area contributed by atoms with E-state index in [2.05, 4.69) is 5.32 Å². The van der Waals surface area contributed by atoms with Crippen molar-refractivity contribution in [3.8, 4) is 6.07 Å². The van der Waals surface area contributed by atoms with Gasteiger partial charge in [0.25, 0.3) is 0 Å². The highest BCUT2D eigenvalue weighted by atomic mass is 16.2. The molecule has 2 atom stereocenters. The molecular formula is C9H17N3O. The summed E-state index contributed by atoms with van der Waals surface area (Å²) < 4.78 is 0. The Morgan fingerprint density at radius 2 is 2.31 bits per heavy atom. The summed E-state index contributed by atoms with van der Waals surface area (Å²) in [5, 5.41) is 11.0. The fourth-order valence-electron chi connectivity index (χ4n) is 0.980. The van der Waals surface area contributed by atoms with Gasteiger partial charge in [0, 0.05) is 6.04 Å². The van der Waals surface area contributed by atoms with Crippen LogP contribution in [-0.4, -0.2) is 18.0 Å². The van der Waals surface area contributed by atoms with E-state index in [4.69, 9.17) is 11.0 Å². The minimum atomic E-state index is -0.439. The number of nitrogens with two attached hydrogens (primary N) is 1. The predicted octanol–water partition coefficient (Wildman–Crippen LogP) is 0.532. The minimum Gasteiger partial charge on any atom is -0.351 e. The largest absolute Gasteiger partial charge is 0.351 e. The molecule has 0 rings (SSSR count). The van der Waals surface area contributed by atoms with E-state index >= 15 is 0 Å². The summed E-state index contributed by atoms with van der Waals surface area (Å²) >= 11 is 0. The molecule has 0 saturated carbocycles. The van der Waals surface area contributed by atoms with Gasteiger partial charge in [-0.2, -0.15) is 5.26 Å². The minimum absolute atomic E-state index is 0.111. The molecule has 74 valence electrons. The van der Waals surface area contributed by atoms with Gasteiger partial charge in [-0.25, -0.2) is 0 Å². The van der Waals surface area contributed by atoms with Crippen molar-refractivity contribution in [2.24, 2.45) is 5.73 Å². The van der Waals surface area contributed by atoms with E-state index in [1.165, 1.54) is 0 Å². The Labute approximate surface area is 79.1 Å². The van der Waals surface area contributed by atoms with Crippen LogP contribution in [0.4, 0.5) is 0 Å². The van der Waals surface area contributed by atoms with Crippen molar-refractivity contribution in [1.29, 1.82) is 5.26 Å². The van der Waals surface area contributed by atoms with Crippen LogP contribution < -0.4 is 11.1 Å². The second-order valence-electron chi connectivity index (χ2n) is 3.17. The molecule has 0 aromatic carbocycles. The van der Waals surface area contributed by atoms with Gasteiger partial charge in [0.2, 0.25) is 5.91 Å². The topological polar surface area (TPSA) is 78.9 Å². The molecule has 0 fully saturated rings. The van der Waals surface area contributed by atoms with E-state index in [-0.39, 0.29) is 11.9 Å². The Kier molecular flexibility index (Phi) is 5.90. The lowest BCUT2D eigenvalue weighted by Gasteiger charge is -2.14. The quantitative estimate of drug-likeness (QED) is 0.652. The molecule has 0 saturated heterocycles. The number of hydrogen-bond acceptors (Lipinski definition) is 3. The summed E-state index contributed by atoms with van der Waals surface area (Å²) in [5.74, 6) is -0.162. The molecule has 13 heavy (non-hydrogen) atoms. The molecule has 1 unspecified atom stereocenters. The smallest absolute Gasteiger partial charge is 0.237 e. The van der Waals surface area contributed by atoms with Crippen LogP contribution in [0.15, 0.2) is 0 Å². The predicted molar refractivity (Wildman–Crippen MR) is 50.7 cm³/mol. The number of nitrogens with zero attached hydrogens (tertiary/aromatic N) is 1. The summed E-state index contributed by atoms with van der Waals surface area (Å²) in [5.41, 5.74) is 5.58. The Bertz CT molecular complexity index is 198. The van der Waals surface area contributed by atoms with E-state index in [9.17, 15) is 4.79 Å². The molecule has 0 bridgehead atoms. The van der Waals surface area contributed by atoms with Crippen molar-refractivity contribution in [3.05, 3.63) is 0 Å². The van der Waals surface area contributed by atoms with Gasteiger partial charge in [-0.05, 0) is 13.3 Å². The van der Waals surface area contributed by atoms with Gasteiger partial charge >= 0.3 is 0 Å². The SMILES string of the molecule is CCC[C@@H](N)C(=O)NC(C)CC#N. The fourth-order valence-corrected chi connectivity index (χ4v) is 0.980. The molecule has 0 heterocycles. The molecule has 0 aliphatic rings. The first-order valence-electron chi connectivity index (χ1n) is 4.54. The number of hydrogen-bond donors (Lipinski definition) is 2. The van der Waals surface area contributed by atoms with Crippen molar-refractivity contribution < 1.29 is 4.79 Å². The first-order valence-corrected chi connectivity index (χ1v) is 4.54. The Morgan fingerprint density at radius 1 is 1.69 bits per heavy atom. The number of carbonyl (C=O) groups is 1. The van der Waals surface area contributed by atoms with Crippen LogP contribution in [0.3, 0.4) is 0 Å². The summed E-state index contributed by atoms with van der Waals surface area (Å²) in [6, 6.07) is 1.44. The number of nitrogens with one attached hydrogen (secondary N) is 1. The first-order chi connectivity index (χ1) is 6.11.